The monoisotopic (exact) mass is 316 g/mol. The van der Waals surface area contributed by atoms with Gasteiger partial charge in [-0.3, -0.25) is 9.59 Å². The molecule has 1 aromatic heterocycles. The van der Waals surface area contributed by atoms with Crippen molar-refractivity contribution in [1.29, 1.82) is 0 Å². The zero-order chi connectivity index (χ0) is 16.4. The Bertz CT molecular complexity index is 634. The lowest BCUT2D eigenvalue weighted by Crippen LogP contribution is -2.42. The van der Waals surface area contributed by atoms with Crippen LogP contribution in [0.25, 0.3) is 0 Å². The summed E-state index contributed by atoms with van der Waals surface area (Å²) in [5.41, 5.74) is 1.68. The second-order valence-corrected chi connectivity index (χ2v) is 6.37. The maximum Gasteiger partial charge on any atom is 0.270 e. The molecule has 6 heteroatoms. The second kappa shape index (κ2) is 6.56. The number of carbonyl (C=O) groups excluding carboxylic acids is 2. The molecule has 23 heavy (non-hydrogen) atoms. The number of likely N-dealkylation sites (tertiary alicyclic amines) is 1. The van der Waals surface area contributed by atoms with Crippen molar-refractivity contribution in [3.05, 3.63) is 24.0 Å². The summed E-state index contributed by atoms with van der Waals surface area (Å²) in [6.45, 7) is 0.755. The molecule has 3 rings (SSSR count). The van der Waals surface area contributed by atoms with E-state index < -0.39 is 0 Å². The Morgan fingerprint density at radius 1 is 1.22 bits per heavy atom. The van der Waals surface area contributed by atoms with E-state index in [0.717, 1.165) is 32.2 Å². The van der Waals surface area contributed by atoms with Crippen LogP contribution >= 0.6 is 0 Å². The van der Waals surface area contributed by atoms with Gasteiger partial charge >= 0.3 is 0 Å². The van der Waals surface area contributed by atoms with Gasteiger partial charge in [-0.05, 0) is 25.0 Å². The number of aromatic nitrogens is 1. The molecule has 0 unspecified atom stereocenters. The third-order valence-electron chi connectivity index (χ3n) is 4.79. The summed E-state index contributed by atoms with van der Waals surface area (Å²) in [5, 5.41) is 5.51. The highest BCUT2D eigenvalue weighted by molar-refractivity contribution is 6.39. The van der Waals surface area contributed by atoms with Crippen molar-refractivity contribution in [3.8, 4) is 0 Å². The van der Waals surface area contributed by atoms with E-state index in [1.807, 2.05) is 24.2 Å². The van der Waals surface area contributed by atoms with Gasteiger partial charge in [-0.25, -0.2) is 5.01 Å². The second-order valence-electron chi connectivity index (χ2n) is 6.37. The van der Waals surface area contributed by atoms with Crippen molar-refractivity contribution >= 4 is 17.5 Å². The molecule has 0 aliphatic carbocycles. The molecular weight excluding hydrogens is 292 g/mol. The minimum Gasteiger partial charge on any atom is -0.353 e. The van der Waals surface area contributed by atoms with Crippen LogP contribution in [0.5, 0.6) is 0 Å². The number of amides is 2. The minimum absolute atomic E-state index is 0.0162. The molecule has 0 N–H and O–H groups in total. The Morgan fingerprint density at radius 2 is 2.04 bits per heavy atom. The molecule has 0 saturated carbocycles. The van der Waals surface area contributed by atoms with Gasteiger partial charge in [0.05, 0.1) is 6.04 Å². The van der Waals surface area contributed by atoms with E-state index in [-0.39, 0.29) is 17.9 Å². The average molecular weight is 316 g/mol. The third kappa shape index (κ3) is 3.16. The summed E-state index contributed by atoms with van der Waals surface area (Å²) < 4.78 is 2.09. The zero-order valence-corrected chi connectivity index (χ0v) is 13.9. The van der Waals surface area contributed by atoms with E-state index in [2.05, 4.69) is 15.7 Å². The van der Waals surface area contributed by atoms with E-state index in [0.29, 0.717) is 18.6 Å². The predicted molar refractivity (Wildman–Crippen MR) is 87.8 cm³/mol. The topological polar surface area (TPSA) is 57.9 Å². The predicted octanol–water partition coefficient (Wildman–Crippen LogP) is 2.08. The third-order valence-corrected chi connectivity index (χ3v) is 4.79. The number of hydrazone groups is 1. The van der Waals surface area contributed by atoms with Crippen LogP contribution in [0.3, 0.4) is 0 Å². The van der Waals surface area contributed by atoms with Gasteiger partial charge in [0.1, 0.15) is 5.71 Å². The Balaban J connectivity index is 1.88. The van der Waals surface area contributed by atoms with Crippen LogP contribution in [0.15, 0.2) is 23.4 Å². The van der Waals surface area contributed by atoms with Crippen molar-refractivity contribution in [1.82, 2.24) is 14.5 Å². The molecule has 6 nitrogen and oxygen atoms in total. The molecule has 3 heterocycles. The van der Waals surface area contributed by atoms with Crippen LogP contribution in [0.4, 0.5) is 0 Å². The number of rotatable bonds is 2. The Hall–Kier alpha value is -2.11. The Morgan fingerprint density at radius 3 is 2.74 bits per heavy atom. The molecule has 1 atom stereocenters. The molecule has 1 aromatic rings. The lowest BCUT2D eigenvalue weighted by Gasteiger charge is -2.32. The first-order chi connectivity index (χ1) is 11.1. The smallest absolute Gasteiger partial charge is 0.270 e. The van der Waals surface area contributed by atoms with Crippen LogP contribution in [-0.4, -0.2) is 45.6 Å². The molecule has 124 valence electrons. The molecule has 0 bridgehead atoms. The maximum absolute atomic E-state index is 13.0. The molecule has 1 fully saturated rings. The van der Waals surface area contributed by atoms with Gasteiger partial charge in [-0.2, -0.15) is 5.10 Å². The molecule has 1 saturated heterocycles. The fraction of sp³-hybridized carbons (Fsp3) is 0.588. The van der Waals surface area contributed by atoms with Gasteiger partial charge in [0.25, 0.3) is 5.91 Å². The summed E-state index contributed by atoms with van der Waals surface area (Å²) in [5.74, 6) is -0.0474. The van der Waals surface area contributed by atoms with Gasteiger partial charge in [0, 0.05) is 45.4 Å². The van der Waals surface area contributed by atoms with E-state index in [1.54, 1.807) is 7.05 Å². The van der Waals surface area contributed by atoms with E-state index in [9.17, 15) is 9.59 Å². The van der Waals surface area contributed by atoms with Crippen LogP contribution < -0.4 is 0 Å². The lowest BCUT2D eigenvalue weighted by molar-refractivity contribution is -0.131. The number of hydrogen-bond donors (Lipinski definition) is 0. The minimum atomic E-state index is -0.0311. The lowest BCUT2D eigenvalue weighted by atomic mass is 10.0. The molecule has 2 aliphatic rings. The van der Waals surface area contributed by atoms with Crippen molar-refractivity contribution in [2.75, 3.05) is 13.6 Å². The first-order valence-corrected chi connectivity index (χ1v) is 8.34. The van der Waals surface area contributed by atoms with Crippen molar-refractivity contribution < 1.29 is 9.59 Å². The number of aryl methyl sites for hydroxylation is 1. The van der Waals surface area contributed by atoms with Crippen LogP contribution in [0, 0.1) is 0 Å². The summed E-state index contributed by atoms with van der Waals surface area (Å²) in [7, 11) is 3.64. The molecular formula is C17H24N4O2. The first kappa shape index (κ1) is 15.8. The van der Waals surface area contributed by atoms with Crippen molar-refractivity contribution in [2.45, 2.75) is 44.6 Å². The van der Waals surface area contributed by atoms with Crippen LogP contribution in [0.1, 0.15) is 50.3 Å². The highest BCUT2D eigenvalue weighted by Gasteiger charge is 2.32. The van der Waals surface area contributed by atoms with Gasteiger partial charge in [0.2, 0.25) is 5.91 Å². The fourth-order valence-corrected chi connectivity index (χ4v) is 3.47. The molecule has 0 spiro atoms. The van der Waals surface area contributed by atoms with E-state index in [1.165, 1.54) is 10.7 Å². The zero-order valence-electron chi connectivity index (χ0n) is 13.9. The highest BCUT2D eigenvalue weighted by Crippen LogP contribution is 2.31. The molecule has 2 amide bonds. The van der Waals surface area contributed by atoms with E-state index in [4.69, 9.17) is 0 Å². The summed E-state index contributed by atoms with van der Waals surface area (Å²) in [6.07, 6.45) is 7.11. The van der Waals surface area contributed by atoms with Crippen LogP contribution in [-0.2, 0) is 16.6 Å². The Labute approximate surface area is 136 Å². The van der Waals surface area contributed by atoms with Gasteiger partial charge in [-0.1, -0.05) is 12.8 Å². The normalized spacial score (nSPS) is 22.8. The van der Waals surface area contributed by atoms with Crippen LogP contribution in [0.2, 0.25) is 0 Å². The standard InChI is InChI=1S/C17H24N4O2/c1-19-11-6-8-14(19)15-7-4-3-5-12-21(15)17(23)13-9-10-16(22)20(2)18-13/h6,8,11,15H,3-5,7,9-10,12H2,1-2H3/t15-/m0/s1. The quantitative estimate of drug-likeness (QED) is 0.839. The summed E-state index contributed by atoms with van der Waals surface area (Å²) in [4.78, 5) is 26.6. The number of carbonyl (C=O) groups is 2. The largest absolute Gasteiger partial charge is 0.353 e. The summed E-state index contributed by atoms with van der Waals surface area (Å²) in [6, 6.07) is 4.21. The SMILES string of the molecule is CN1N=C(C(=O)N2CCCCC[C@H]2c2cccn2C)CCC1=O. The number of hydrogen-bond acceptors (Lipinski definition) is 3. The summed E-state index contributed by atoms with van der Waals surface area (Å²) >= 11 is 0. The highest BCUT2D eigenvalue weighted by atomic mass is 16.2. The van der Waals surface area contributed by atoms with Crippen molar-refractivity contribution in [3.63, 3.8) is 0 Å². The average Bonchev–Trinajstić information content (AvgIpc) is 2.82. The molecule has 0 radical (unpaired) electrons. The first-order valence-electron chi connectivity index (χ1n) is 8.34. The Kier molecular flexibility index (Phi) is 4.50. The van der Waals surface area contributed by atoms with E-state index >= 15 is 0 Å². The molecule has 0 aromatic carbocycles. The van der Waals surface area contributed by atoms with Gasteiger partial charge < -0.3 is 9.47 Å². The molecule has 2 aliphatic heterocycles. The fourth-order valence-electron chi connectivity index (χ4n) is 3.47. The van der Waals surface area contributed by atoms with Gasteiger partial charge in [-0.15, -0.1) is 0 Å². The van der Waals surface area contributed by atoms with Gasteiger partial charge in [0.15, 0.2) is 0 Å². The van der Waals surface area contributed by atoms with Crippen molar-refractivity contribution in [2.24, 2.45) is 12.1 Å². The maximum atomic E-state index is 13.0. The number of nitrogens with zero attached hydrogens (tertiary/aromatic N) is 4.